The lowest BCUT2D eigenvalue weighted by Gasteiger charge is -2.29. The predicted molar refractivity (Wildman–Crippen MR) is 88.5 cm³/mol. The van der Waals surface area contributed by atoms with Crippen LogP contribution < -0.4 is 10.2 Å². The number of amides is 1. The normalized spacial score (nSPS) is 21.8. The van der Waals surface area contributed by atoms with E-state index in [-0.39, 0.29) is 16.5 Å². The molecule has 1 amide bonds. The Morgan fingerprint density at radius 2 is 2.35 bits per heavy atom. The molecule has 0 bridgehead atoms. The van der Waals surface area contributed by atoms with E-state index >= 15 is 0 Å². The van der Waals surface area contributed by atoms with Crippen molar-refractivity contribution in [3.63, 3.8) is 0 Å². The van der Waals surface area contributed by atoms with Crippen LogP contribution in [0, 0.1) is 22.0 Å². The van der Waals surface area contributed by atoms with Gasteiger partial charge in [0.05, 0.1) is 16.2 Å². The molecular weight excluding hydrogens is 294 g/mol. The van der Waals surface area contributed by atoms with Crippen LogP contribution in [0.4, 0.5) is 11.4 Å². The van der Waals surface area contributed by atoms with Crippen LogP contribution in [0.1, 0.15) is 31.7 Å². The number of piperidine rings is 1. The van der Waals surface area contributed by atoms with Crippen molar-refractivity contribution in [1.82, 2.24) is 5.32 Å². The Kier molecular flexibility index (Phi) is 4.61. The van der Waals surface area contributed by atoms with Crippen LogP contribution in [0.25, 0.3) is 0 Å². The number of hydrogen-bond donors (Lipinski definition) is 1. The van der Waals surface area contributed by atoms with Crippen molar-refractivity contribution in [2.75, 3.05) is 24.5 Å². The molecule has 6 heteroatoms. The first kappa shape index (κ1) is 15.9. The summed E-state index contributed by atoms with van der Waals surface area (Å²) in [7, 11) is 0. The Labute approximate surface area is 136 Å². The van der Waals surface area contributed by atoms with E-state index < -0.39 is 0 Å². The zero-order chi connectivity index (χ0) is 16.4. The van der Waals surface area contributed by atoms with Crippen LogP contribution in [0.2, 0.25) is 0 Å². The summed E-state index contributed by atoms with van der Waals surface area (Å²) in [4.78, 5) is 25.2. The van der Waals surface area contributed by atoms with Gasteiger partial charge in [0.1, 0.15) is 0 Å². The molecule has 2 atom stereocenters. The number of nitro benzene ring substituents is 1. The lowest BCUT2D eigenvalue weighted by molar-refractivity contribution is -0.385. The van der Waals surface area contributed by atoms with Crippen molar-refractivity contribution in [2.45, 2.75) is 32.6 Å². The van der Waals surface area contributed by atoms with Gasteiger partial charge in [0.15, 0.2) is 0 Å². The molecule has 1 aromatic rings. The first-order chi connectivity index (χ1) is 11.1. The van der Waals surface area contributed by atoms with E-state index in [0.717, 1.165) is 18.8 Å². The molecule has 0 spiro atoms. The van der Waals surface area contributed by atoms with Crippen molar-refractivity contribution >= 4 is 17.3 Å². The molecule has 6 nitrogen and oxygen atoms in total. The molecule has 23 heavy (non-hydrogen) atoms. The fraction of sp³-hybridized carbons (Fsp3) is 0.588. The average Bonchev–Trinajstić information content (AvgIpc) is 2.99. The third-order valence-corrected chi connectivity index (χ3v) is 5.14. The van der Waals surface area contributed by atoms with E-state index in [0.29, 0.717) is 36.8 Å². The number of nitrogens with zero attached hydrogens (tertiary/aromatic N) is 2. The highest BCUT2D eigenvalue weighted by atomic mass is 16.6. The summed E-state index contributed by atoms with van der Waals surface area (Å²) in [6.07, 6.45) is 3.41. The monoisotopic (exact) mass is 317 g/mol. The molecule has 1 saturated heterocycles. The van der Waals surface area contributed by atoms with E-state index in [2.05, 4.69) is 12.2 Å². The molecule has 2 aliphatic heterocycles. The number of rotatable bonds is 4. The van der Waals surface area contributed by atoms with Crippen molar-refractivity contribution in [3.05, 3.63) is 33.9 Å². The van der Waals surface area contributed by atoms with Crippen LogP contribution >= 0.6 is 0 Å². The van der Waals surface area contributed by atoms with Gasteiger partial charge in [-0.2, -0.15) is 0 Å². The van der Waals surface area contributed by atoms with Gasteiger partial charge in [-0.15, -0.1) is 0 Å². The lowest BCUT2D eigenvalue weighted by Crippen LogP contribution is -2.36. The molecule has 1 N–H and O–H groups in total. The van der Waals surface area contributed by atoms with Crippen LogP contribution in [-0.2, 0) is 11.2 Å². The van der Waals surface area contributed by atoms with Gasteiger partial charge in [-0.25, -0.2) is 0 Å². The predicted octanol–water partition coefficient (Wildman–Crippen LogP) is 2.51. The van der Waals surface area contributed by atoms with Crippen molar-refractivity contribution in [2.24, 2.45) is 11.8 Å². The molecule has 3 rings (SSSR count). The Morgan fingerprint density at radius 1 is 1.52 bits per heavy atom. The molecule has 2 unspecified atom stereocenters. The average molecular weight is 317 g/mol. The Hall–Kier alpha value is -1.95. The van der Waals surface area contributed by atoms with E-state index in [1.54, 1.807) is 11.0 Å². The largest absolute Gasteiger partial charge is 0.316 e. The van der Waals surface area contributed by atoms with Crippen molar-refractivity contribution < 1.29 is 9.72 Å². The zero-order valence-corrected chi connectivity index (χ0v) is 13.5. The maximum atomic E-state index is 12.7. The molecule has 0 radical (unpaired) electrons. The van der Waals surface area contributed by atoms with E-state index in [9.17, 15) is 14.9 Å². The van der Waals surface area contributed by atoms with Crippen molar-refractivity contribution in [3.8, 4) is 0 Å². The molecule has 2 heterocycles. The molecule has 1 aromatic carbocycles. The van der Waals surface area contributed by atoms with Gasteiger partial charge in [-0.1, -0.05) is 13.0 Å². The standard InChI is InChI=1S/C17H23N3O3/c1-12(13-4-3-8-18-11-13)10-17(21)19-9-7-14-15(19)5-2-6-16(14)20(22)23/h2,5-6,12-13,18H,3-4,7-11H2,1H3. The van der Waals surface area contributed by atoms with Crippen LogP contribution in [-0.4, -0.2) is 30.5 Å². The molecule has 0 aromatic heterocycles. The third-order valence-electron chi connectivity index (χ3n) is 5.14. The molecule has 1 fully saturated rings. The Morgan fingerprint density at radius 3 is 3.04 bits per heavy atom. The maximum absolute atomic E-state index is 12.7. The van der Waals surface area contributed by atoms with Crippen molar-refractivity contribution in [1.29, 1.82) is 0 Å². The number of benzene rings is 1. The van der Waals surface area contributed by atoms with Gasteiger partial charge in [0, 0.05) is 19.0 Å². The second kappa shape index (κ2) is 6.66. The van der Waals surface area contributed by atoms with E-state index in [4.69, 9.17) is 0 Å². The summed E-state index contributed by atoms with van der Waals surface area (Å²) < 4.78 is 0. The molecule has 0 aliphatic carbocycles. The number of carbonyl (C=O) groups is 1. The Bertz CT molecular complexity index is 611. The second-order valence-electron chi connectivity index (χ2n) is 6.62. The highest BCUT2D eigenvalue weighted by Gasteiger charge is 2.32. The summed E-state index contributed by atoms with van der Waals surface area (Å²) >= 11 is 0. The summed E-state index contributed by atoms with van der Waals surface area (Å²) in [5.41, 5.74) is 1.54. The molecule has 124 valence electrons. The summed E-state index contributed by atoms with van der Waals surface area (Å²) in [6.45, 7) is 4.74. The SMILES string of the molecule is CC(CC(=O)N1CCc2c1cccc2[N+](=O)[O-])C1CCCNC1. The summed E-state index contributed by atoms with van der Waals surface area (Å²) in [6, 6.07) is 5.00. The highest BCUT2D eigenvalue weighted by Crippen LogP contribution is 2.35. The number of nitro groups is 1. The van der Waals surface area contributed by atoms with Crippen LogP contribution in [0.5, 0.6) is 0 Å². The van der Waals surface area contributed by atoms with Crippen LogP contribution in [0.3, 0.4) is 0 Å². The quantitative estimate of drug-likeness (QED) is 0.684. The fourth-order valence-corrected chi connectivity index (χ4v) is 3.76. The summed E-state index contributed by atoms with van der Waals surface area (Å²) in [5, 5.41) is 14.5. The highest BCUT2D eigenvalue weighted by molar-refractivity contribution is 5.96. The first-order valence-corrected chi connectivity index (χ1v) is 8.35. The van der Waals surface area contributed by atoms with E-state index in [1.807, 2.05) is 6.07 Å². The summed E-state index contributed by atoms with van der Waals surface area (Å²) in [5.74, 6) is 0.959. The minimum absolute atomic E-state index is 0.0855. The first-order valence-electron chi connectivity index (χ1n) is 8.35. The lowest BCUT2D eigenvalue weighted by atomic mass is 9.85. The minimum Gasteiger partial charge on any atom is -0.316 e. The Balaban J connectivity index is 1.71. The number of nitrogens with one attached hydrogen (secondary N) is 1. The second-order valence-corrected chi connectivity index (χ2v) is 6.62. The maximum Gasteiger partial charge on any atom is 0.274 e. The number of hydrogen-bond acceptors (Lipinski definition) is 4. The molecular formula is C17H23N3O3. The smallest absolute Gasteiger partial charge is 0.274 e. The van der Waals surface area contributed by atoms with Gasteiger partial charge < -0.3 is 10.2 Å². The van der Waals surface area contributed by atoms with Gasteiger partial charge >= 0.3 is 0 Å². The van der Waals surface area contributed by atoms with Gasteiger partial charge in [0.2, 0.25) is 5.91 Å². The number of fused-ring (bicyclic) bond motifs is 1. The van der Waals surface area contributed by atoms with Gasteiger partial charge in [-0.3, -0.25) is 14.9 Å². The van der Waals surface area contributed by atoms with Gasteiger partial charge in [-0.05, 0) is 50.3 Å². The fourth-order valence-electron chi connectivity index (χ4n) is 3.76. The van der Waals surface area contributed by atoms with E-state index in [1.165, 1.54) is 18.9 Å². The topological polar surface area (TPSA) is 75.5 Å². The molecule has 0 saturated carbocycles. The number of anilines is 1. The van der Waals surface area contributed by atoms with Crippen LogP contribution in [0.15, 0.2) is 18.2 Å². The van der Waals surface area contributed by atoms with Gasteiger partial charge in [0.25, 0.3) is 5.69 Å². The minimum atomic E-state index is -0.358. The third kappa shape index (κ3) is 3.22. The zero-order valence-electron chi connectivity index (χ0n) is 13.5. The number of carbonyl (C=O) groups excluding carboxylic acids is 1. The molecule has 2 aliphatic rings.